The molecule has 9 heavy (non-hydrogen) atoms. The van der Waals surface area contributed by atoms with Crippen LogP contribution in [0.3, 0.4) is 0 Å². The highest BCUT2D eigenvalue weighted by Gasteiger charge is 2.00. The lowest BCUT2D eigenvalue weighted by molar-refractivity contribution is 0.106. The van der Waals surface area contributed by atoms with Gasteiger partial charge in [-0.2, -0.15) is 0 Å². The molecule has 0 amide bonds. The molecule has 0 saturated carbocycles. The molecular formula is C5H3NOS2. The lowest BCUT2D eigenvalue weighted by Crippen LogP contribution is -1.97. The van der Waals surface area contributed by atoms with Gasteiger partial charge in [-0.05, 0) is 0 Å². The van der Waals surface area contributed by atoms with Gasteiger partial charge in [0.15, 0.2) is 0 Å². The Hall–Kier alpha value is -0.610. The van der Waals surface area contributed by atoms with Crippen molar-refractivity contribution in [1.82, 2.24) is 4.98 Å². The molecule has 0 aliphatic rings. The number of thiazole rings is 1. The molecule has 0 N–H and O–H groups in total. The second kappa shape index (κ2) is 2.80. The van der Waals surface area contributed by atoms with E-state index in [0.29, 0.717) is 5.69 Å². The van der Waals surface area contributed by atoms with E-state index in [0.717, 1.165) is 5.37 Å². The summed E-state index contributed by atoms with van der Waals surface area (Å²) in [6.45, 7) is 0. The molecule has 1 heterocycles. The summed E-state index contributed by atoms with van der Waals surface area (Å²) in [4.78, 5) is 14.4. The van der Waals surface area contributed by atoms with Gasteiger partial charge in [0.1, 0.15) is 5.69 Å². The minimum absolute atomic E-state index is 0.189. The number of nitrogens with zero attached hydrogens (tertiary/aromatic N) is 1. The van der Waals surface area contributed by atoms with Crippen LogP contribution in [-0.4, -0.2) is 16.1 Å². The number of hydrogen-bond donors (Lipinski definition) is 0. The van der Waals surface area contributed by atoms with E-state index in [2.05, 4.69) is 17.2 Å². The Morgan fingerprint density at radius 1 is 1.89 bits per heavy atom. The van der Waals surface area contributed by atoms with Crippen molar-refractivity contribution < 1.29 is 4.79 Å². The summed E-state index contributed by atoms with van der Waals surface area (Å²) in [5, 5.41) is 2.76. The van der Waals surface area contributed by atoms with Crippen LogP contribution in [0.5, 0.6) is 0 Å². The van der Waals surface area contributed by atoms with Crippen LogP contribution in [0.15, 0.2) is 10.9 Å². The highest BCUT2D eigenvalue weighted by molar-refractivity contribution is 7.80. The zero-order valence-corrected chi connectivity index (χ0v) is 6.04. The van der Waals surface area contributed by atoms with E-state index >= 15 is 0 Å². The van der Waals surface area contributed by atoms with Gasteiger partial charge in [-0.3, -0.25) is 4.79 Å². The maximum Gasteiger partial charge on any atom is 0.215 e. The van der Waals surface area contributed by atoms with Crippen molar-refractivity contribution in [1.29, 1.82) is 0 Å². The largest absolute Gasteiger partial charge is 0.287 e. The third-order valence-corrected chi connectivity index (χ3v) is 1.59. The van der Waals surface area contributed by atoms with Crippen molar-refractivity contribution in [2.24, 2.45) is 0 Å². The van der Waals surface area contributed by atoms with Crippen molar-refractivity contribution in [3.63, 3.8) is 0 Å². The van der Waals surface area contributed by atoms with E-state index < -0.39 is 0 Å². The highest BCUT2D eigenvalue weighted by atomic mass is 32.1. The predicted octanol–water partition coefficient (Wildman–Crippen LogP) is 1.33. The molecule has 0 bridgehead atoms. The van der Waals surface area contributed by atoms with Crippen LogP contribution in [0.1, 0.15) is 10.5 Å². The van der Waals surface area contributed by atoms with Crippen molar-refractivity contribution in [3.05, 3.63) is 16.6 Å². The molecule has 0 spiro atoms. The maximum absolute atomic E-state index is 10.7. The monoisotopic (exact) mass is 157 g/mol. The topological polar surface area (TPSA) is 30.0 Å². The van der Waals surface area contributed by atoms with E-state index in [1.54, 1.807) is 10.9 Å². The summed E-state index contributed by atoms with van der Waals surface area (Å²) >= 11 is 5.80. The molecule has 0 fully saturated rings. The molecule has 1 rings (SSSR count). The summed E-state index contributed by atoms with van der Waals surface area (Å²) < 4.78 is 0. The maximum atomic E-state index is 10.7. The molecule has 0 saturated heterocycles. The molecule has 0 aliphatic heterocycles. The van der Waals surface area contributed by atoms with Gasteiger partial charge in [-0.25, -0.2) is 4.98 Å². The highest BCUT2D eigenvalue weighted by Crippen LogP contribution is 1.99. The zero-order valence-electron chi connectivity index (χ0n) is 4.40. The Morgan fingerprint density at radius 2 is 2.67 bits per heavy atom. The second-order valence-corrected chi connectivity index (χ2v) is 2.31. The molecule has 0 aromatic carbocycles. The molecule has 46 valence electrons. The SMILES string of the molecule is O=C(C=S)c1cscn1. The van der Waals surface area contributed by atoms with E-state index in [4.69, 9.17) is 0 Å². The summed E-state index contributed by atoms with van der Waals surface area (Å²) in [6, 6.07) is 0. The lowest BCUT2D eigenvalue weighted by Gasteiger charge is -1.79. The number of rotatable bonds is 2. The average Bonchev–Trinajstić information content (AvgIpc) is 2.37. The predicted molar refractivity (Wildman–Crippen MR) is 40.1 cm³/mol. The van der Waals surface area contributed by atoms with E-state index in [9.17, 15) is 4.79 Å². The first-order chi connectivity index (χ1) is 4.34. The van der Waals surface area contributed by atoms with Crippen molar-refractivity contribution in [3.8, 4) is 0 Å². The van der Waals surface area contributed by atoms with Crippen LogP contribution in [-0.2, 0) is 0 Å². The lowest BCUT2D eigenvalue weighted by atomic mass is 10.4. The zero-order chi connectivity index (χ0) is 6.69. The van der Waals surface area contributed by atoms with Gasteiger partial charge in [0, 0.05) is 5.38 Å². The van der Waals surface area contributed by atoms with Crippen LogP contribution in [0.25, 0.3) is 0 Å². The number of ketones is 1. The third-order valence-electron chi connectivity index (χ3n) is 0.792. The molecule has 0 radical (unpaired) electrons. The Morgan fingerprint density at radius 3 is 3.11 bits per heavy atom. The fourth-order valence-electron chi connectivity index (χ4n) is 0.395. The van der Waals surface area contributed by atoms with Gasteiger partial charge in [0.2, 0.25) is 5.78 Å². The first-order valence-corrected chi connectivity index (χ1v) is 3.63. The molecule has 0 atom stereocenters. The minimum Gasteiger partial charge on any atom is -0.287 e. The normalized spacial score (nSPS) is 8.89. The summed E-state index contributed by atoms with van der Waals surface area (Å²) in [6.07, 6.45) is 0. The molecule has 0 aliphatic carbocycles. The van der Waals surface area contributed by atoms with E-state index in [1.165, 1.54) is 11.3 Å². The molecule has 0 unspecified atom stereocenters. The van der Waals surface area contributed by atoms with E-state index in [-0.39, 0.29) is 5.78 Å². The van der Waals surface area contributed by atoms with Crippen LogP contribution >= 0.6 is 23.6 Å². The van der Waals surface area contributed by atoms with Crippen molar-refractivity contribution in [2.45, 2.75) is 0 Å². The molecule has 2 nitrogen and oxygen atoms in total. The fraction of sp³-hybridized carbons (Fsp3) is 0. The molecular weight excluding hydrogens is 154 g/mol. The van der Waals surface area contributed by atoms with Crippen molar-refractivity contribution in [2.75, 3.05) is 0 Å². The molecule has 1 aromatic heterocycles. The number of Topliss-reactive ketones (excluding diaryl/α,β-unsaturated/α-hetero) is 1. The third kappa shape index (κ3) is 1.40. The Labute approximate surface area is 61.5 Å². The van der Waals surface area contributed by atoms with Gasteiger partial charge in [0.25, 0.3) is 0 Å². The van der Waals surface area contributed by atoms with Gasteiger partial charge in [-0.15, -0.1) is 11.3 Å². The smallest absolute Gasteiger partial charge is 0.215 e. The van der Waals surface area contributed by atoms with Crippen LogP contribution in [0.2, 0.25) is 0 Å². The number of carbonyl (C=O) groups is 1. The summed E-state index contributed by atoms with van der Waals surface area (Å²) in [5.74, 6) is -0.189. The molecule has 1 aromatic rings. The van der Waals surface area contributed by atoms with Gasteiger partial charge < -0.3 is 0 Å². The Kier molecular flexibility index (Phi) is 2.02. The van der Waals surface area contributed by atoms with Gasteiger partial charge in [0.05, 0.1) is 10.9 Å². The van der Waals surface area contributed by atoms with Crippen molar-refractivity contribution >= 4 is 34.7 Å². The number of thiocarbonyl (C=S) groups is 1. The Bertz CT molecular complexity index is 217. The molecule has 4 heteroatoms. The fourth-order valence-corrected chi connectivity index (χ4v) is 1.06. The van der Waals surface area contributed by atoms with Crippen LogP contribution < -0.4 is 0 Å². The average molecular weight is 157 g/mol. The number of aromatic nitrogens is 1. The second-order valence-electron chi connectivity index (χ2n) is 1.36. The first-order valence-electron chi connectivity index (χ1n) is 2.22. The summed E-state index contributed by atoms with van der Waals surface area (Å²) in [5.41, 5.74) is 2.04. The number of hydrogen-bond acceptors (Lipinski definition) is 4. The standard InChI is InChI=1S/C5H3NOS2/c7-5(1-8)4-2-9-3-6-4/h1-3H. The van der Waals surface area contributed by atoms with Crippen LogP contribution in [0.4, 0.5) is 0 Å². The number of carbonyl (C=O) groups excluding carboxylic acids is 1. The van der Waals surface area contributed by atoms with Crippen LogP contribution in [0, 0.1) is 0 Å². The Balaban J connectivity index is 2.89. The van der Waals surface area contributed by atoms with Gasteiger partial charge in [-0.1, -0.05) is 12.2 Å². The summed E-state index contributed by atoms with van der Waals surface area (Å²) in [7, 11) is 0. The first kappa shape index (κ1) is 6.51. The van der Waals surface area contributed by atoms with E-state index in [1.807, 2.05) is 0 Å². The quantitative estimate of drug-likeness (QED) is 0.479. The minimum atomic E-state index is -0.189. The van der Waals surface area contributed by atoms with Gasteiger partial charge >= 0.3 is 0 Å².